The molecule has 0 aliphatic rings. The van der Waals surface area contributed by atoms with E-state index in [1.165, 1.54) is 18.5 Å². The summed E-state index contributed by atoms with van der Waals surface area (Å²) in [7, 11) is 0. The van der Waals surface area contributed by atoms with Gasteiger partial charge in [0.05, 0.1) is 12.4 Å². The van der Waals surface area contributed by atoms with Crippen molar-refractivity contribution in [3.05, 3.63) is 78.0 Å². The van der Waals surface area contributed by atoms with E-state index in [0.29, 0.717) is 6.54 Å². The van der Waals surface area contributed by atoms with Crippen molar-refractivity contribution in [1.82, 2.24) is 20.3 Å². The maximum Gasteiger partial charge on any atom is 0.271 e. The summed E-state index contributed by atoms with van der Waals surface area (Å²) in [4.78, 5) is 23.9. The number of nitrogens with zero attached hydrogens (tertiary/aromatic N) is 3. The van der Waals surface area contributed by atoms with Crippen LogP contribution >= 0.6 is 0 Å². The lowest BCUT2D eigenvalue weighted by molar-refractivity contribution is 0.0945. The zero-order chi connectivity index (χ0) is 17.6. The molecule has 0 radical (unpaired) electrons. The minimum Gasteiger partial charge on any atom is -0.347 e. The van der Waals surface area contributed by atoms with Crippen LogP contribution in [0.5, 0.6) is 0 Å². The smallest absolute Gasteiger partial charge is 0.271 e. The molecule has 126 valence electrons. The molecule has 1 amide bonds. The Morgan fingerprint density at radius 3 is 2.44 bits per heavy atom. The fourth-order valence-electron chi connectivity index (χ4n) is 2.03. The first kappa shape index (κ1) is 16.4. The third-order valence-corrected chi connectivity index (χ3v) is 3.28. The lowest BCUT2D eigenvalue weighted by Crippen LogP contribution is -2.24. The third kappa shape index (κ3) is 4.11. The van der Waals surface area contributed by atoms with Crippen LogP contribution in [0.1, 0.15) is 16.1 Å². The molecule has 2 aromatic heterocycles. The number of carbonyl (C=O) groups is 1. The van der Waals surface area contributed by atoms with Crippen molar-refractivity contribution >= 4 is 17.4 Å². The molecule has 0 fully saturated rings. The number of rotatable bonds is 5. The quantitative estimate of drug-likeness (QED) is 0.746. The minimum absolute atomic E-state index is 0.0865. The number of nitrogens with one attached hydrogen (secondary N) is 2. The Hall–Kier alpha value is -3.42. The Bertz CT molecular complexity index is 852. The van der Waals surface area contributed by atoms with Crippen LogP contribution in [-0.2, 0) is 6.54 Å². The maximum absolute atomic E-state index is 13.6. The number of halogens is 2. The van der Waals surface area contributed by atoms with Gasteiger partial charge in [-0.05, 0) is 23.8 Å². The molecule has 2 heterocycles. The molecule has 0 aliphatic carbocycles. The van der Waals surface area contributed by atoms with Gasteiger partial charge < -0.3 is 10.6 Å². The monoisotopic (exact) mass is 341 g/mol. The Morgan fingerprint density at radius 2 is 1.80 bits per heavy atom. The van der Waals surface area contributed by atoms with Gasteiger partial charge in [-0.1, -0.05) is 12.1 Å². The van der Waals surface area contributed by atoms with Crippen LogP contribution in [-0.4, -0.2) is 20.9 Å². The van der Waals surface area contributed by atoms with E-state index < -0.39 is 17.5 Å². The van der Waals surface area contributed by atoms with E-state index >= 15 is 0 Å². The van der Waals surface area contributed by atoms with Gasteiger partial charge >= 0.3 is 0 Å². The van der Waals surface area contributed by atoms with Gasteiger partial charge in [-0.3, -0.25) is 9.78 Å². The predicted octanol–water partition coefficient (Wildman–Crippen LogP) is 2.82. The molecular weight excluding hydrogens is 328 g/mol. The third-order valence-electron chi connectivity index (χ3n) is 3.28. The standard InChI is InChI=1S/C17H13F2N5O/c18-12-4-1-5-13(19)16(12)24-15-10-21-14(9-22-15)17(25)23-8-11-3-2-6-20-7-11/h1-7,9-10H,8H2,(H,22,24)(H,23,25). The first-order chi connectivity index (χ1) is 12.1. The predicted molar refractivity (Wildman–Crippen MR) is 87.1 cm³/mol. The Morgan fingerprint density at radius 1 is 1.00 bits per heavy atom. The second kappa shape index (κ2) is 7.43. The van der Waals surface area contributed by atoms with Crippen molar-refractivity contribution in [2.75, 3.05) is 5.32 Å². The number of carbonyl (C=O) groups excluding carboxylic acids is 1. The topological polar surface area (TPSA) is 79.8 Å². The molecule has 0 saturated heterocycles. The highest BCUT2D eigenvalue weighted by atomic mass is 19.1. The lowest BCUT2D eigenvalue weighted by Gasteiger charge is -2.08. The number of anilines is 2. The number of hydrogen-bond acceptors (Lipinski definition) is 5. The van der Waals surface area contributed by atoms with Gasteiger partial charge in [0.2, 0.25) is 0 Å². The van der Waals surface area contributed by atoms with Gasteiger partial charge in [0.1, 0.15) is 28.8 Å². The molecule has 8 heteroatoms. The van der Waals surface area contributed by atoms with Gasteiger partial charge in [-0.15, -0.1) is 0 Å². The molecule has 0 aliphatic heterocycles. The second-order valence-electron chi connectivity index (χ2n) is 5.05. The zero-order valence-corrected chi connectivity index (χ0v) is 12.9. The average molecular weight is 341 g/mol. The van der Waals surface area contributed by atoms with E-state index in [9.17, 15) is 13.6 Å². The summed E-state index contributed by atoms with van der Waals surface area (Å²) >= 11 is 0. The summed E-state index contributed by atoms with van der Waals surface area (Å²) < 4.78 is 27.2. The average Bonchev–Trinajstić information content (AvgIpc) is 2.64. The van der Waals surface area contributed by atoms with Crippen LogP contribution in [0.2, 0.25) is 0 Å². The van der Waals surface area contributed by atoms with E-state index in [1.807, 2.05) is 6.07 Å². The van der Waals surface area contributed by atoms with E-state index in [1.54, 1.807) is 18.5 Å². The Kier molecular flexibility index (Phi) is 4.89. The molecule has 0 bridgehead atoms. The van der Waals surface area contributed by atoms with Crippen LogP contribution in [0.25, 0.3) is 0 Å². The van der Waals surface area contributed by atoms with Crippen molar-refractivity contribution < 1.29 is 13.6 Å². The molecule has 0 spiro atoms. The largest absolute Gasteiger partial charge is 0.347 e. The highest BCUT2D eigenvalue weighted by molar-refractivity contribution is 5.92. The van der Waals surface area contributed by atoms with Crippen LogP contribution in [0, 0.1) is 11.6 Å². The lowest BCUT2D eigenvalue weighted by atomic mass is 10.3. The van der Waals surface area contributed by atoms with Gasteiger partial charge in [0.25, 0.3) is 5.91 Å². The summed E-state index contributed by atoms with van der Waals surface area (Å²) in [5, 5.41) is 5.18. The number of benzene rings is 1. The fourth-order valence-corrected chi connectivity index (χ4v) is 2.03. The van der Waals surface area contributed by atoms with Gasteiger partial charge in [-0.2, -0.15) is 0 Å². The molecule has 0 unspecified atom stereocenters. The normalized spacial score (nSPS) is 10.3. The molecule has 1 aromatic carbocycles. The van der Waals surface area contributed by atoms with Crippen molar-refractivity contribution in [2.45, 2.75) is 6.54 Å². The molecule has 2 N–H and O–H groups in total. The highest BCUT2D eigenvalue weighted by Gasteiger charge is 2.11. The Balaban J connectivity index is 1.64. The van der Waals surface area contributed by atoms with Crippen LogP contribution in [0.3, 0.4) is 0 Å². The summed E-state index contributed by atoms with van der Waals surface area (Å²) in [6.07, 6.45) is 5.73. The van der Waals surface area contributed by atoms with Crippen LogP contribution in [0.15, 0.2) is 55.1 Å². The van der Waals surface area contributed by atoms with Crippen LogP contribution < -0.4 is 10.6 Å². The molecular formula is C17H13F2N5O. The zero-order valence-electron chi connectivity index (χ0n) is 12.9. The first-order valence-electron chi connectivity index (χ1n) is 7.33. The number of hydrogen-bond donors (Lipinski definition) is 2. The molecule has 3 aromatic rings. The number of pyridine rings is 1. The fraction of sp³-hybridized carbons (Fsp3) is 0.0588. The summed E-state index contributed by atoms with van der Waals surface area (Å²) in [6, 6.07) is 7.11. The van der Waals surface area contributed by atoms with Crippen molar-refractivity contribution in [2.24, 2.45) is 0 Å². The molecule has 6 nitrogen and oxygen atoms in total. The number of para-hydroxylation sites is 1. The molecule has 0 saturated carbocycles. The van der Waals surface area contributed by atoms with Crippen LogP contribution in [0.4, 0.5) is 20.3 Å². The molecule has 25 heavy (non-hydrogen) atoms. The molecule has 3 rings (SSSR count). The van der Waals surface area contributed by atoms with Crippen molar-refractivity contribution in [3.63, 3.8) is 0 Å². The maximum atomic E-state index is 13.6. The molecule has 0 atom stereocenters. The van der Waals surface area contributed by atoms with E-state index in [0.717, 1.165) is 17.7 Å². The van der Waals surface area contributed by atoms with E-state index in [4.69, 9.17) is 0 Å². The van der Waals surface area contributed by atoms with Gasteiger partial charge in [0.15, 0.2) is 0 Å². The van der Waals surface area contributed by atoms with Crippen molar-refractivity contribution in [3.8, 4) is 0 Å². The minimum atomic E-state index is -0.750. The summed E-state index contributed by atoms with van der Waals surface area (Å²) in [5.41, 5.74) is 0.603. The number of amides is 1. The highest BCUT2D eigenvalue weighted by Crippen LogP contribution is 2.21. The van der Waals surface area contributed by atoms with E-state index in [2.05, 4.69) is 25.6 Å². The first-order valence-corrected chi connectivity index (χ1v) is 7.33. The van der Waals surface area contributed by atoms with Gasteiger partial charge in [-0.25, -0.2) is 18.7 Å². The Labute approximate surface area is 142 Å². The van der Waals surface area contributed by atoms with E-state index in [-0.39, 0.29) is 17.2 Å². The van der Waals surface area contributed by atoms with Gasteiger partial charge in [0, 0.05) is 18.9 Å². The second-order valence-corrected chi connectivity index (χ2v) is 5.05. The van der Waals surface area contributed by atoms with Crippen molar-refractivity contribution in [1.29, 1.82) is 0 Å². The summed E-state index contributed by atoms with van der Waals surface area (Å²) in [5.74, 6) is -1.80. The SMILES string of the molecule is O=C(NCc1cccnc1)c1cnc(Nc2c(F)cccc2F)cn1. The summed E-state index contributed by atoms with van der Waals surface area (Å²) in [6.45, 7) is 0.300. The number of aromatic nitrogens is 3.